The molecule has 6 nitrogen and oxygen atoms in total. The maximum absolute atomic E-state index is 11.5. The van der Waals surface area contributed by atoms with Crippen LogP contribution in [0.3, 0.4) is 0 Å². The van der Waals surface area contributed by atoms with Gasteiger partial charge in [0.25, 0.3) is 0 Å². The number of alkyl carbamates (subject to hydrolysis) is 1. The van der Waals surface area contributed by atoms with Crippen LogP contribution in [0.15, 0.2) is 0 Å². The highest BCUT2D eigenvalue weighted by atomic mass is 16.6. The fourth-order valence-electron chi connectivity index (χ4n) is 3.30. The van der Waals surface area contributed by atoms with Crippen LogP contribution in [0.5, 0.6) is 0 Å². The zero-order valence-electron chi connectivity index (χ0n) is 19.0. The van der Waals surface area contributed by atoms with Gasteiger partial charge in [-0.15, -0.1) is 0 Å². The predicted molar refractivity (Wildman–Crippen MR) is 119 cm³/mol. The van der Waals surface area contributed by atoms with Crippen molar-refractivity contribution >= 4 is 12.1 Å². The quantitative estimate of drug-likeness (QED) is 0.203. The monoisotopic (exact) mass is 414 g/mol. The molecular weight excluding hydrogens is 368 g/mol. The van der Waals surface area contributed by atoms with Crippen LogP contribution in [0.1, 0.15) is 110 Å². The molecule has 0 aliphatic heterocycles. The summed E-state index contributed by atoms with van der Waals surface area (Å²) in [5, 5.41) is 2.68. The summed E-state index contributed by atoms with van der Waals surface area (Å²) in [6.45, 7) is 2.69. The highest BCUT2D eigenvalue weighted by molar-refractivity contribution is 5.76. The first-order chi connectivity index (χ1) is 14.1. The van der Waals surface area contributed by atoms with Gasteiger partial charge in [-0.3, -0.25) is 4.79 Å². The summed E-state index contributed by atoms with van der Waals surface area (Å²) in [5.74, 6) is -0.587. The second-order valence-corrected chi connectivity index (χ2v) is 7.96. The lowest BCUT2D eigenvalue weighted by atomic mass is 10.0. The number of rotatable bonds is 20. The Labute approximate surface area is 178 Å². The number of unbranched alkanes of at least 4 members (excludes halogenated alkanes) is 15. The van der Waals surface area contributed by atoms with E-state index in [-0.39, 0.29) is 6.61 Å². The van der Waals surface area contributed by atoms with Gasteiger partial charge in [0.05, 0.1) is 7.11 Å². The Balaban J connectivity index is 3.22. The second-order valence-electron chi connectivity index (χ2n) is 7.96. The van der Waals surface area contributed by atoms with Crippen molar-refractivity contribution in [2.45, 2.75) is 116 Å². The van der Waals surface area contributed by atoms with Crippen molar-refractivity contribution in [1.29, 1.82) is 0 Å². The van der Waals surface area contributed by atoms with E-state index in [2.05, 4.69) is 17.0 Å². The molecule has 0 aromatic carbocycles. The Morgan fingerprint density at radius 3 is 1.59 bits per heavy atom. The average Bonchev–Trinajstić information content (AvgIpc) is 2.73. The van der Waals surface area contributed by atoms with Crippen molar-refractivity contribution in [2.24, 2.45) is 5.73 Å². The summed E-state index contributed by atoms with van der Waals surface area (Å²) in [6, 6.07) is -0.929. The molecular formula is C23H46N2O4. The molecule has 0 fully saturated rings. The van der Waals surface area contributed by atoms with Crippen molar-refractivity contribution in [3.05, 3.63) is 0 Å². The number of nitrogens with one attached hydrogen (secondary N) is 1. The number of carbonyl (C=O) groups is 2. The topological polar surface area (TPSA) is 90.6 Å². The summed E-state index contributed by atoms with van der Waals surface area (Å²) in [5.41, 5.74) is 5.49. The molecule has 1 unspecified atom stereocenters. The zero-order chi connectivity index (χ0) is 21.6. The van der Waals surface area contributed by atoms with Gasteiger partial charge in [-0.25, -0.2) is 4.79 Å². The Morgan fingerprint density at radius 2 is 1.17 bits per heavy atom. The maximum atomic E-state index is 11.5. The molecule has 0 aromatic rings. The molecule has 0 radical (unpaired) electrons. The van der Waals surface area contributed by atoms with E-state index in [1.807, 2.05) is 0 Å². The first-order valence-electron chi connectivity index (χ1n) is 11.9. The molecule has 0 aliphatic carbocycles. The van der Waals surface area contributed by atoms with Crippen LogP contribution in [-0.4, -0.2) is 38.4 Å². The first-order valence-corrected chi connectivity index (χ1v) is 11.9. The number of methoxy groups -OCH3 is 1. The van der Waals surface area contributed by atoms with Gasteiger partial charge in [0.15, 0.2) is 0 Å². The smallest absolute Gasteiger partial charge is 0.407 e. The van der Waals surface area contributed by atoms with Crippen LogP contribution in [0, 0.1) is 0 Å². The molecule has 1 atom stereocenters. The van der Waals surface area contributed by atoms with Crippen LogP contribution in [0.25, 0.3) is 0 Å². The van der Waals surface area contributed by atoms with Crippen molar-refractivity contribution in [1.82, 2.24) is 5.32 Å². The number of ether oxygens (including phenoxy) is 2. The molecule has 29 heavy (non-hydrogen) atoms. The molecule has 0 rings (SSSR count). The van der Waals surface area contributed by atoms with E-state index in [0.29, 0.717) is 6.54 Å². The molecule has 6 heteroatoms. The average molecular weight is 415 g/mol. The van der Waals surface area contributed by atoms with Gasteiger partial charge >= 0.3 is 12.1 Å². The maximum Gasteiger partial charge on any atom is 0.407 e. The number of nitrogens with two attached hydrogens (primary N) is 1. The highest BCUT2D eigenvalue weighted by Gasteiger charge is 2.15. The lowest BCUT2D eigenvalue weighted by Crippen LogP contribution is -2.38. The fourth-order valence-corrected chi connectivity index (χ4v) is 3.30. The van der Waals surface area contributed by atoms with Gasteiger partial charge in [-0.2, -0.15) is 0 Å². The lowest BCUT2D eigenvalue weighted by Gasteiger charge is -2.10. The predicted octanol–water partition coefficient (Wildman–Crippen LogP) is 5.47. The van der Waals surface area contributed by atoms with Crippen LogP contribution < -0.4 is 11.1 Å². The van der Waals surface area contributed by atoms with Gasteiger partial charge in [-0.05, 0) is 6.42 Å². The van der Waals surface area contributed by atoms with Crippen LogP contribution in [0.2, 0.25) is 0 Å². The normalized spacial score (nSPS) is 11.8. The Morgan fingerprint density at radius 1 is 0.759 bits per heavy atom. The van der Waals surface area contributed by atoms with E-state index in [9.17, 15) is 9.59 Å². The van der Waals surface area contributed by atoms with Gasteiger partial charge in [0.2, 0.25) is 0 Å². The Hall–Kier alpha value is -1.30. The van der Waals surface area contributed by atoms with Gasteiger partial charge < -0.3 is 20.5 Å². The Bertz CT molecular complexity index is 391. The Kier molecular flexibility index (Phi) is 20.5. The van der Waals surface area contributed by atoms with E-state index in [1.165, 1.54) is 97.0 Å². The van der Waals surface area contributed by atoms with Gasteiger partial charge in [0, 0.05) is 6.54 Å². The molecule has 0 heterocycles. The van der Waals surface area contributed by atoms with E-state index in [0.717, 1.165) is 12.8 Å². The van der Waals surface area contributed by atoms with Gasteiger partial charge in [0.1, 0.15) is 12.6 Å². The van der Waals surface area contributed by atoms with Gasteiger partial charge in [-0.1, -0.05) is 103 Å². The summed E-state index contributed by atoms with van der Waals surface area (Å²) < 4.78 is 9.35. The minimum absolute atomic E-state index is 0.169. The van der Waals surface area contributed by atoms with Crippen molar-refractivity contribution in [2.75, 3.05) is 20.3 Å². The highest BCUT2D eigenvalue weighted by Crippen LogP contribution is 2.13. The van der Waals surface area contributed by atoms with Crippen LogP contribution in [0.4, 0.5) is 4.79 Å². The minimum atomic E-state index is -0.929. The molecule has 0 spiro atoms. The zero-order valence-corrected chi connectivity index (χ0v) is 19.0. The number of hydrogen-bond donors (Lipinski definition) is 2. The summed E-state index contributed by atoms with van der Waals surface area (Å²) in [7, 11) is 1.25. The lowest BCUT2D eigenvalue weighted by molar-refractivity contribution is -0.143. The van der Waals surface area contributed by atoms with E-state index in [1.54, 1.807) is 0 Å². The fraction of sp³-hybridized carbons (Fsp3) is 0.913. The van der Waals surface area contributed by atoms with E-state index >= 15 is 0 Å². The van der Waals surface area contributed by atoms with Crippen molar-refractivity contribution in [3.8, 4) is 0 Å². The summed E-state index contributed by atoms with van der Waals surface area (Å²) in [6.07, 6.45) is 20.7. The SMILES string of the molecule is CCCCCCCCCCCCCCCCCCNC(=O)OCC(N)C(=O)OC. The van der Waals surface area contributed by atoms with Crippen molar-refractivity contribution < 1.29 is 19.1 Å². The molecule has 1 amide bonds. The third-order valence-corrected chi connectivity index (χ3v) is 5.20. The number of hydrogen-bond acceptors (Lipinski definition) is 5. The molecule has 0 aliphatic rings. The minimum Gasteiger partial charge on any atom is -0.468 e. The van der Waals surface area contributed by atoms with Crippen molar-refractivity contribution in [3.63, 3.8) is 0 Å². The first kappa shape index (κ1) is 27.7. The molecule has 0 saturated heterocycles. The molecule has 3 N–H and O–H groups in total. The molecule has 0 saturated carbocycles. The third kappa shape index (κ3) is 19.8. The number of carbonyl (C=O) groups excluding carboxylic acids is 2. The molecule has 0 bridgehead atoms. The summed E-state index contributed by atoms with van der Waals surface area (Å²) >= 11 is 0. The number of esters is 1. The van der Waals surface area contributed by atoms with Crippen LogP contribution in [-0.2, 0) is 14.3 Å². The van der Waals surface area contributed by atoms with E-state index in [4.69, 9.17) is 10.5 Å². The number of amides is 1. The molecule has 172 valence electrons. The summed E-state index contributed by atoms with van der Waals surface area (Å²) in [4.78, 5) is 22.6. The largest absolute Gasteiger partial charge is 0.468 e. The molecule has 0 aromatic heterocycles. The second kappa shape index (κ2) is 21.4. The third-order valence-electron chi connectivity index (χ3n) is 5.20. The standard InChI is InChI=1S/C23H46N2O4/c1-3-4-5-6-7-8-9-10-11-12-13-14-15-16-17-18-19-25-23(27)29-20-21(24)22(26)28-2/h21H,3-20,24H2,1-2H3,(H,25,27). The van der Waals surface area contributed by atoms with Crippen LogP contribution >= 0.6 is 0 Å². The van der Waals surface area contributed by atoms with E-state index < -0.39 is 18.1 Å².